The maximum atomic E-state index is 5.47. The molecule has 0 saturated heterocycles. The molecule has 0 unspecified atom stereocenters. The molecular weight excluding hydrogens is 198 g/mol. The van der Waals surface area contributed by atoms with Crippen LogP contribution in [0.1, 0.15) is 39.2 Å². The number of methoxy groups -OCH3 is 1. The molecule has 0 spiro atoms. The highest BCUT2D eigenvalue weighted by Crippen LogP contribution is 2.31. The van der Waals surface area contributed by atoms with Crippen molar-refractivity contribution < 1.29 is 4.74 Å². The van der Waals surface area contributed by atoms with Gasteiger partial charge in [0, 0.05) is 13.1 Å². The van der Waals surface area contributed by atoms with E-state index in [1.807, 2.05) is 0 Å². The highest BCUT2D eigenvalue weighted by molar-refractivity contribution is 5.60. The van der Waals surface area contributed by atoms with Gasteiger partial charge in [0.05, 0.1) is 12.8 Å². The van der Waals surface area contributed by atoms with Crippen molar-refractivity contribution in [3.8, 4) is 5.75 Å². The summed E-state index contributed by atoms with van der Waals surface area (Å²) in [6.07, 6.45) is 0. The van der Waals surface area contributed by atoms with Crippen LogP contribution >= 0.6 is 0 Å². The van der Waals surface area contributed by atoms with Gasteiger partial charge in [0.2, 0.25) is 0 Å². The van der Waals surface area contributed by atoms with Crippen molar-refractivity contribution >= 4 is 5.69 Å². The first-order valence-electron chi connectivity index (χ1n) is 5.88. The summed E-state index contributed by atoms with van der Waals surface area (Å²) in [5, 5.41) is 0. The molecular formula is C14H23NO. The predicted molar refractivity (Wildman–Crippen MR) is 70.6 cm³/mol. The van der Waals surface area contributed by atoms with Crippen LogP contribution in [0.2, 0.25) is 0 Å². The maximum absolute atomic E-state index is 5.47. The van der Waals surface area contributed by atoms with E-state index in [0.717, 1.165) is 11.4 Å². The minimum absolute atomic E-state index is 0.471. The quantitative estimate of drug-likeness (QED) is 0.769. The van der Waals surface area contributed by atoms with Gasteiger partial charge in [-0.1, -0.05) is 19.9 Å². The van der Waals surface area contributed by atoms with Crippen LogP contribution in [0.25, 0.3) is 0 Å². The molecule has 0 amide bonds. The molecule has 0 saturated carbocycles. The fraction of sp³-hybridized carbons (Fsp3) is 0.571. The predicted octanol–water partition coefficient (Wildman–Crippen LogP) is 3.66. The molecule has 0 aliphatic rings. The number of anilines is 1. The van der Waals surface area contributed by atoms with Gasteiger partial charge in [0.1, 0.15) is 5.75 Å². The van der Waals surface area contributed by atoms with Crippen molar-refractivity contribution in [3.63, 3.8) is 0 Å². The second-order valence-electron chi connectivity index (χ2n) is 4.79. The van der Waals surface area contributed by atoms with E-state index < -0.39 is 0 Å². The highest BCUT2D eigenvalue weighted by atomic mass is 16.5. The molecule has 1 rings (SSSR count). The summed E-state index contributed by atoms with van der Waals surface area (Å²) in [7, 11) is 3.83. The van der Waals surface area contributed by atoms with Crippen molar-refractivity contribution in [2.75, 3.05) is 19.1 Å². The van der Waals surface area contributed by atoms with E-state index in [-0.39, 0.29) is 0 Å². The summed E-state index contributed by atoms with van der Waals surface area (Å²) >= 11 is 0. The molecule has 0 N–H and O–H groups in total. The van der Waals surface area contributed by atoms with Gasteiger partial charge in [0.15, 0.2) is 0 Å². The Kier molecular flexibility index (Phi) is 4.22. The van der Waals surface area contributed by atoms with Crippen LogP contribution in [0.4, 0.5) is 5.69 Å². The van der Waals surface area contributed by atoms with E-state index in [2.05, 4.69) is 57.8 Å². The van der Waals surface area contributed by atoms with Crippen molar-refractivity contribution in [1.29, 1.82) is 0 Å². The minimum Gasteiger partial charge on any atom is -0.495 e. The Morgan fingerprint density at radius 3 is 2.19 bits per heavy atom. The van der Waals surface area contributed by atoms with Crippen LogP contribution in [-0.2, 0) is 0 Å². The van der Waals surface area contributed by atoms with Gasteiger partial charge in [-0.3, -0.25) is 0 Å². The summed E-state index contributed by atoms with van der Waals surface area (Å²) in [6, 6.07) is 6.94. The average Bonchev–Trinajstić information content (AvgIpc) is 2.26. The fourth-order valence-corrected chi connectivity index (χ4v) is 1.62. The summed E-state index contributed by atoms with van der Waals surface area (Å²) in [4.78, 5) is 2.23. The van der Waals surface area contributed by atoms with Crippen molar-refractivity contribution in [2.45, 2.75) is 39.7 Å². The summed E-state index contributed by atoms with van der Waals surface area (Å²) < 4.78 is 5.47. The van der Waals surface area contributed by atoms with Gasteiger partial charge in [0.25, 0.3) is 0 Å². The Morgan fingerprint density at radius 2 is 1.75 bits per heavy atom. The second-order valence-corrected chi connectivity index (χ2v) is 4.79. The number of nitrogens with zero attached hydrogens (tertiary/aromatic N) is 1. The Bertz CT molecular complexity index is 345. The third-order valence-corrected chi connectivity index (χ3v) is 3.03. The van der Waals surface area contributed by atoms with Gasteiger partial charge in [-0.2, -0.15) is 0 Å². The molecule has 2 nitrogen and oxygen atoms in total. The smallest absolute Gasteiger partial charge is 0.142 e. The zero-order valence-corrected chi connectivity index (χ0v) is 11.2. The first kappa shape index (κ1) is 12.9. The Hall–Kier alpha value is -1.18. The van der Waals surface area contributed by atoms with Gasteiger partial charge in [-0.15, -0.1) is 0 Å². The second kappa shape index (κ2) is 5.24. The number of benzene rings is 1. The average molecular weight is 221 g/mol. The molecule has 0 aromatic heterocycles. The molecule has 0 bridgehead atoms. The molecule has 0 fully saturated rings. The van der Waals surface area contributed by atoms with E-state index in [1.165, 1.54) is 5.56 Å². The SMILES string of the molecule is COc1cc(C(C)C)ccc1N(C)C(C)C. The third-order valence-electron chi connectivity index (χ3n) is 3.03. The van der Waals surface area contributed by atoms with Crippen LogP contribution in [-0.4, -0.2) is 20.2 Å². The van der Waals surface area contributed by atoms with Crippen LogP contribution < -0.4 is 9.64 Å². The Balaban J connectivity index is 3.11. The van der Waals surface area contributed by atoms with E-state index >= 15 is 0 Å². The zero-order chi connectivity index (χ0) is 12.3. The third kappa shape index (κ3) is 2.69. The highest BCUT2D eigenvalue weighted by Gasteiger charge is 2.12. The van der Waals surface area contributed by atoms with Crippen LogP contribution in [0.15, 0.2) is 18.2 Å². The first-order chi connectivity index (χ1) is 7.47. The molecule has 90 valence electrons. The van der Waals surface area contributed by atoms with E-state index in [0.29, 0.717) is 12.0 Å². The zero-order valence-electron chi connectivity index (χ0n) is 11.2. The van der Waals surface area contributed by atoms with E-state index in [1.54, 1.807) is 7.11 Å². The molecule has 0 heterocycles. The van der Waals surface area contributed by atoms with Crippen molar-refractivity contribution in [3.05, 3.63) is 23.8 Å². The topological polar surface area (TPSA) is 12.5 Å². The number of ether oxygens (including phenoxy) is 1. The molecule has 1 aromatic rings. The molecule has 2 heteroatoms. The molecule has 0 atom stereocenters. The Labute approximate surface area is 99.2 Å². The molecule has 0 aliphatic heterocycles. The number of hydrogen-bond donors (Lipinski definition) is 0. The number of hydrogen-bond acceptors (Lipinski definition) is 2. The van der Waals surface area contributed by atoms with Crippen molar-refractivity contribution in [1.82, 2.24) is 0 Å². The molecule has 16 heavy (non-hydrogen) atoms. The van der Waals surface area contributed by atoms with Crippen LogP contribution in [0.5, 0.6) is 5.75 Å². The fourth-order valence-electron chi connectivity index (χ4n) is 1.62. The lowest BCUT2D eigenvalue weighted by Crippen LogP contribution is -2.26. The monoisotopic (exact) mass is 221 g/mol. The lowest BCUT2D eigenvalue weighted by Gasteiger charge is -2.26. The standard InChI is InChI=1S/C14H23NO/c1-10(2)12-7-8-13(14(9-12)16-6)15(5)11(3)4/h7-11H,1-6H3. The van der Waals surface area contributed by atoms with Crippen LogP contribution in [0, 0.1) is 0 Å². The lowest BCUT2D eigenvalue weighted by atomic mass is 10.0. The van der Waals surface area contributed by atoms with E-state index in [9.17, 15) is 0 Å². The summed E-state index contributed by atoms with van der Waals surface area (Å²) in [5.74, 6) is 1.50. The van der Waals surface area contributed by atoms with E-state index in [4.69, 9.17) is 4.74 Å². The van der Waals surface area contributed by atoms with Crippen LogP contribution in [0.3, 0.4) is 0 Å². The van der Waals surface area contributed by atoms with Gasteiger partial charge >= 0.3 is 0 Å². The minimum atomic E-state index is 0.471. The largest absolute Gasteiger partial charge is 0.495 e. The molecule has 1 aromatic carbocycles. The molecule has 0 aliphatic carbocycles. The lowest BCUT2D eigenvalue weighted by molar-refractivity contribution is 0.413. The summed E-state index contributed by atoms with van der Waals surface area (Å²) in [5.41, 5.74) is 2.47. The number of rotatable bonds is 4. The Morgan fingerprint density at radius 1 is 1.12 bits per heavy atom. The first-order valence-corrected chi connectivity index (χ1v) is 5.88. The van der Waals surface area contributed by atoms with Gasteiger partial charge in [-0.25, -0.2) is 0 Å². The normalized spacial score (nSPS) is 11.0. The maximum Gasteiger partial charge on any atom is 0.142 e. The molecule has 0 radical (unpaired) electrons. The van der Waals surface area contributed by atoms with Gasteiger partial charge in [-0.05, 0) is 37.5 Å². The van der Waals surface area contributed by atoms with Crippen molar-refractivity contribution in [2.24, 2.45) is 0 Å². The summed E-state index contributed by atoms with van der Waals surface area (Å²) in [6.45, 7) is 8.74. The van der Waals surface area contributed by atoms with Gasteiger partial charge < -0.3 is 9.64 Å².